The first-order valence-corrected chi connectivity index (χ1v) is 9.46. The number of ether oxygens (including phenoxy) is 1. The van der Waals surface area contributed by atoms with Gasteiger partial charge >= 0.3 is 0 Å². The summed E-state index contributed by atoms with van der Waals surface area (Å²) in [5.41, 5.74) is 0.996. The molecule has 1 N–H and O–H groups in total. The molecule has 2 aliphatic rings. The van der Waals surface area contributed by atoms with E-state index in [9.17, 15) is 4.39 Å². The Hall–Kier alpha value is -1.98. The molecule has 138 valence electrons. The van der Waals surface area contributed by atoms with Gasteiger partial charge in [0, 0.05) is 31.7 Å². The molecule has 3 heterocycles. The molecule has 4 nitrogen and oxygen atoms in total. The molecule has 2 aliphatic heterocycles. The first-order valence-electron chi connectivity index (χ1n) is 9.46. The summed E-state index contributed by atoms with van der Waals surface area (Å²) in [6.07, 6.45) is 5.13. The van der Waals surface area contributed by atoms with E-state index in [0.717, 1.165) is 63.4 Å². The molecule has 2 atom stereocenters. The van der Waals surface area contributed by atoms with Crippen LogP contribution >= 0.6 is 0 Å². The fourth-order valence-corrected chi connectivity index (χ4v) is 4.29. The summed E-state index contributed by atoms with van der Waals surface area (Å²) in [6, 6.07) is 12.8. The van der Waals surface area contributed by atoms with Gasteiger partial charge in [0.2, 0.25) is 0 Å². The van der Waals surface area contributed by atoms with Gasteiger partial charge in [0.1, 0.15) is 11.6 Å². The molecule has 1 aromatic carbocycles. The van der Waals surface area contributed by atoms with E-state index < -0.39 is 0 Å². The highest BCUT2D eigenvalue weighted by molar-refractivity contribution is 5.33. The number of hydrogen-bond acceptors (Lipinski definition) is 4. The summed E-state index contributed by atoms with van der Waals surface area (Å²) in [7, 11) is 0. The smallest absolute Gasteiger partial charge is 0.125 e. The Balaban J connectivity index is 1.32. The van der Waals surface area contributed by atoms with Crippen LogP contribution in [0.2, 0.25) is 0 Å². The maximum atomic E-state index is 13.4. The quantitative estimate of drug-likeness (QED) is 0.887. The summed E-state index contributed by atoms with van der Waals surface area (Å²) < 4.78 is 19.7. The Labute approximate surface area is 154 Å². The Morgan fingerprint density at radius 3 is 3.08 bits per heavy atom. The van der Waals surface area contributed by atoms with Crippen molar-refractivity contribution in [2.45, 2.75) is 31.4 Å². The Kier molecular flexibility index (Phi) is 5.18. The first-order chi connectivity index (χ1) is 12.7. The number of halogens is 1. The monoisotopic (exact) mass is 355 g/mol. The van der Waals surface area contributed by atoms with Crippen LogP contribution in [0.3, 0.4) is 0 Å². The fourth-order valence-electron chi connectivity index (χ4n) is 4.29. The third kappa shape index (κ3) is 4.22. The molecule has 5 heteroatoms. The van der Waals surface area contributed by atoms with Gasteiger partial charge in [-0.3, -0.25) is 4.90 Å². The summed E-state index contributed by atoms with van der Waals surface area (Å²) in [6.45, 7) is 4.47. The van der Waals surface area contributed by atoms with Crippen LogP contribution in [0.1, 0.15) is 24.8 Å². The number of pyridine rings is 1. The maximum absolute atomic E-state index is 13.4. The number of nitrogens with zero attached hydrogens (tertiary/aromatic N) is 2. The number of likely N-dealkylation sites (tertiary alicyclic amines) is 1. The maximum Gasteiger partial charge on any atom is 0.125 e. The van der Waals surface area contributed by atoms with Crippen molar-refractivity contribution >= 4 is 5.82 Å². The van der Waals surface area contributed by atoms with E-state index in [2.05, 4.69) is 15.2 Å². The second-order valence-electron chi connectivity index (χ2n) is 7.60. The molecule has 1 aromatic heterocycles. The molecule has 0 bridgehead atoms. The number of benzene rings is 1. The van der Waals surface area contributed by atoms with Gasteiger partial charge in [0.15, 0.2) is 0 Å². The van der Waals surface area contributed by atoms with Gasteiger partial charge in [0.05, 0.1) is 12.2 Å². The molecule has 0 radical (unpaired) electrons. The average molecular weight is 355 g/mol. The Bertz CT molecular complexity index is 726. The highest BCUT2D eigenvalue weighted by Crippen LogP contribution is 2.37. The predicted molar refractivity (Wildman–Crippen MR) is 100 cm³/mol. The van der Waals surface area contributed by atoms with E-state index in [1.165, 1.54) is 6.07 Å². The van der Waals surface area contributed by atoms with Gasteiger partial charge in [-0.25, -0.2) is 9.37 Å². The standard InChI is InChI=1S/C21H26FN3O/c22-19-6-3-5-17(11-19)14-25-10-4-8-21(16-25)12-18(15-26-21)13-24-20-7-1-2-9-23-20/h1-3,5-7,9,11,18H,4,8,10,12-16H2,(H,23,24). The predicted octanol–water partition coefficient (Wildman–Crippen LogP) is 3.70. The molecular formula is C21H26FN3O. The van der Waals surface area contributed by atoms with Gasteiger partial charge < -0.3 is 10.1 Å². The minimum atomic E-state index is -0.160. The molecule has 0 aliphatic carbocycles. The third-order valence-electron chi connectivity index (χ3n) is 5.44. The van der Waals surface area contributed by atoms with Crippen molar-refractivity contribution in [2.75, 3.05) is 31.6 Å². The van der Waals surface area contributed by atoms with Crippen LogP contribution in [0.25, 0.3) is 0 Å². The zero-order valence-corrected chi connectivity index (χ0v) is 15.0. The topological polar surface area (TPSA) is 37.4 Å². The molecule has 2 saturated heterocycles. The minimum absolute atomic E-state index is 0.0396. The van der Waals surface area contributed by atoms with Crippen LogP contribution in [0.4, 0.5) is 10.2 Å². The van der Waals surface area contributed by atoms with Crippen LogP contribution in [0.15, 0.2) is 48.7 Å². The molecule has 1 spiro atoms. The van der Waals surface area contributed by atoms with E-state index in [0.29, 0.717) is 5.92 Å². The molecule has 2 fully saturated rings. The normalized spacial score (nSPS) is 26.3. The Morgan fingerprint density at radius 2 is 2.23 bits per heavy atom. The summed E-state index contributed by atoms with van der Waals surface area (Å²) in [5.74, 6) is 1.27. The second-order valence-corrected chi connectivity index (χ2v) is 7.60. The number of piperidine rings is 1. The van der Waals surface area contributed by atoms with Crippen molar-refractivity contribution in [3.63, 3.8) is 0 Å². The van der Waals surface area contributed by atoms with Crippen LogP contribution in [0, 0.1) is 11.7 Å². The number of nitrogens with one attached hydrogen (secondary N) is 1. The lowest BCUT2D eigenvalue weighted by atomic mass is 9.86. The van der Waals surface area contributed by atoms with E-state index in [-0.39, 0.29) is 11.4 Å². The van der Waals surface area contributed by atoms with Gasteiger partial charge in [-0.05, 0) is 55.6 Å². The van der Waals surface area contributed by atoms with Gasteiger partial charge in [-0.1, -0.05) is 18.2 Å². The molecular weight excluding hydrogens is 329 g/mol. The Morgan fingerprint density at radius 1 is 1.27 bits per heavy atom. The number of anilines is 1. The van der Waals surface area contributed by atoms with Crippen LogP contribution in [-0.2, 0) is 11.3 Å². The molecule has 0 saturated carbocycles. The van der Waals surface area contributed by atoms with Crippen molar-refractivity contribution in [3.8, 4) is 0 Å². The minimum Gasteiger partial charge on any atom is -0.373 e. The zero-order chi connectivity index (χ0) is 17.8. The fraction of sp³-hybridized carbons (Fsp3) is 0.476. The largest absolute Gasteiger partial charge is 0.373 e. The van der Waals surface area contributed by atoms with Crippen molar-refractivity contribution in [3.05, 3.63) is 60.0 Å². The van der Waals surface area contributed by atoms with Crippen molar-refractivity contribution in [2.24, 2.45) is 5.92 Å². The lowest BCUT2D eigenvalue weighted by molar-refractivity contribution is -0.0535. The number of aromatic nitrogens is 1. The number of hydrogen-bond donors (Lipinski definition) is 1. The summed E-state index contributed by atoms with van der Waals surface area (Å²) >= 11 is 0. The van der Waals surface area contributed by atoms with Crippen LogP contribution in [0.5, 0.6) is 0 Å². The average Bonchev–Trinajstić information content (AvgIpc) is 3.03. The van der Waals surface area contributed by atoms with E-state index in [1.54, 1.807) is 18.3 Å². The van der Waals surface area contributed by atoms with Gasteiger partial charge in [-0.2, -0.15) is 0 Å². The van der Waals surface area contributed by atoms with E-state index >= 15 is 0 Å². The van der Waals surface area contributed by atoms with E-state index in [4.69, 9.17) is 4.74 Å². The van der Waals surface area contributed by atoms with Gasteiger partial charge in [0.25, 0.3) is 0 Å². The SMILES string of the molecule is Fc1cccc(CN2CCCC3(CC(CNc4ccccn4)CO3)C2)c1. The van der Waals surface area contributed by atoms with Crippen molar-refractivity contribution < 1.29 is 9.13 Å². The zero-order valence-electron chi connectivity index (χ0n) is 15.0. The molecule has 0 amide bonds. The lowest BCUT2D eigenvalue weighted by Crippen LogP contribution is -2.47. The van der Waals surface area contributed by atoms with Crippen LogP contribution < -0.4 is 5.32 Å². The molecule has 4 rings (SSSR count). The number of rotatable bonds is 5. The van der Waals surface area contributed by atoms with Crippen molar-refractivity contribution in [1.82, 2.24) is 9.88 Å². The van der Waals surface area contributed by atoms with Crippen molar-refractivity contribution in [1.29, 1.82) is 0 Å². The second kappa shape index (κ2) is 7.72. The summed E-state index contributed by atoms with van der Waals surface area (Å²) in [4.78, 5) is 6.73. The molecule has 2 aromatic rings. The van der Waals surface area contributed by atoms with E-state index in [1.807, 2.05) is 24.3 Å². The van der Waals surface area contributed by atoms with Crippen LogP contribution in [-0.4, -0.2) is 41.7 Å². The highest BCUT2D eigenvalue weighted by atomic mass is 19.1. The third-order valence-corrected chi connectivity index (χ3v) is 5.44. The first kappa shape index (κ1) is 17.4. The lowest BCUT2D eigenvalue weighted by Gasteiger charge is -2.40. The molecule has 2 unspecified atom stereocenters. The highest BCUT2D eigenvalue weighted by Gasteiger charge is 2.43. The molecule has 26 heavy (non-hydrogen) atoms. The summed E-state index contributed by atoms with van der Waals surface area (Å²) in [5, 5.41) is 3.42. The van der Waals surface area contributed by atoms with Gasteiger partial charge in [-0.15, -0.1) is 0 Å².